The van der Waals surface area contributed by atoms with E-state index in [2.05, 4.69) is 4.74 Å². The van der Waals surface area contributed by atoms with Crippen LogP contribution in [0.25, 0.3) is 0 Å². The van der Waals surface area contributed by atoms with Gasteiger partial charge >= 0.3 is 11.9 Å². The highest BCUT2D eigenvalue weighted by molar-refractivity contribution is 6.32. The number of amides is 2. The van der Waals surface area contributed by atoms with E-state index in [4.69, 9.17) is 0 Å². The summed E-state index contributed by atoms with van der Waals surface area (Å²) in [7, 11) is 3.20. The number of likely N-dealkylation sites (N-methyl/N-ethyl adjacent to an activating group) is 1. The standard InChI is InChI=1S/C11H20N2O4/c1-5-7-13(8-9(14)12(3)4)10(15)11(16)17-6-2/h5-8H2,1-4H3. The summed E-state index contributed by atoms with van der Waals surface area (Å²) in [6.07, 6.45) is 0.672. The number of hydrogen-bond donors (Lipinski definition) is 0. The maximum atomic E-state index is 11.7. The number of hydrogen-bond acceptors (Lipinski definition) is 4. The first-order chi connectivity index (χ1) is 7.93. The predicted octanol–water partition coefficient (Wildman–Crippen LogP) is -0.124. The Balaban J connectivity index is 4.56. The molecule has 0 atom stereocenters. The van der Waals surface area contributed by atoms with Crippen molar-refractivity contribution in [3.05, 3.63) is 0 Å². The van der Waals surface area contributed by atoms with Gasteiger partial charge in [-0.3, -0.25) is 9.59 Å². The Morgan fingerprint density at radius 3 is 2.12 bits per heavy atom. The first kappa shape index (κ1) is 15.4. The van der Waals surface area contributed by atoms with Gasteiger partial charge in [-0.05, 0) is 13.3 Å². The van der Waals surface area contributed by atoms with Crippen LogP contribution in [0.3, 0.4) is 0 Å². The minimum atomic E-state index is -0.910. The lowest BCUT2D eigenvalue weighted by atomic mass is 10.3. The highest BCUT2D eigenvalue weighted by atomic mass is 16.5. The lowest BCUT2D eigenvalue weighted by Gasteiger charge is -2.22. The van der Waals surface area contributed by atoms with E-state index in [0.29, 0.717) is 13.0 Å². The third-order valence-corrected chi connectivity index (χ3v) is 2.06. The van der Waals surface area contributed by atoms with Crippen LogP contribution in [0.1, 0.15) is 20.3 Å². The van der Waals surface area contributed by atoms with E-state index >= 15 is 0 Å². The third kappa shape index (κ3) is 5.33. The van der Waals surface area contributed by atoms with Crippen LogP contribution in [0.4, 0.5) is 0 Å². The molecule has 0 aliphatic rings. The van der Waals surface area contributed by atoms with Gasteiger partial charge < -0.3 is 14.5 Å². The second-order valence-electron chi connectivity index (χ2n) is 3.74. The highest BCUT2D eigenvalue weighted by Crippen LogP contribution is 1.97. The van der Waals surface area contributed by atoms with Gasteiger partial charge in [0.2, 0.25) is 5.91 Å². The van der Waals surface area contributed by atoms with Crippen molar-refractivity contribution in [2.24, 2.45) is 0 Å². The van der Waals surface area contributed by atoms with Crippen LogP contribution < -0.4 is 0 Å². The summed E-state index contributed by atoms with van der Waals surface area (Å²) in [5.74, 6) is -1.90. The fourth-order valence-corrected chi connectivity index (χ4v) is 1.15. The number of nitrogens with zero attached hydrogens (tertiary/aromatic N) is 2. The maximum Gasteiger partial charge on any atom is 0.397 e. The molecule has 0 spiro atoms. The molecule has 17 heavy (non-hydrogen) atoms. The summed E-state index contributed by atoms with van der Waals surface area (Å²) in [5.41, 5.74) is 0. The summed E-state index contributed by atoms with van der Waals surface area (Å²) in [4.78, 5) is 37.0. The van der Waals surface area contributed by atoms with Crippen molar-refractivity contribution in [1.82, 2.24) is 9.80 Å². The fourth-order valence-electron chi connectivity index (χ4n) is 1.15. The average molecular weight is 244 g/mol. The van der Waals surface area contributed by atoms with E-state index in [9.17, 15) is 14.4 Å². The number of rotatable bonds is 5. The zero-order valence-corrected chi connectivity index (χ0v) is 10.9. The minimum Gasteiger partial charge on any atom is -0.459 e. The van der Waals surface area contributed by atoms with Crippen molar-refractivity contribution in [3.8, 4) is 0 Å². The van der Waals surface area contributed by atoms with Gasteiger partial charge in [-0.2, -0.15) is 0 Å². The fraction of sp³-hybridized carbons (Fsp3) is 0.727. The Morgan fingerprint density at radius 2 is 1.71 bits per heavy atom. The summed E-state index contributed by atoms with van der Waals surface area (Å²) in [5, 5.41) is 0. The normalized spacial score (nSPS) is 9.65. The number of carbonyl (C=O) groups excluding carboxylic acids is 3. The van der Waals surface area contributed by atoms with Gasteiger partial charge in [0.1, 0.15) is 6.54 Å². The number of esters is 1. The molecule has 98 valence electrons. The molecule has 0 unspecified atom stereocenters. The first-order valence-electron chi connectivity index (χ1n) is 5.60. The molecular weight excluding hydrogens is 224 g/mol. The van der Waals surface area contributed by atoms with E-state index in [1.54, 1.807) is 21.0 Å². The van der Waals surface area contributed by atoms with Crippen molar-refractivity contribution in [3.63, 3.8) is 0 Å². The van der Waals surface area contributed by atoms with E-state index < -0.39 is 11.9 Å². The Hall–Kier alpha value is -1.59. The van der Waals surface area contributed by atoms with Crippen molar-refractivity contribution in [1.29, 1.82) is 0 Å². The Kier molecular flexibility index (Phi) is 6.93. The zero-order valence-electron chi connectivity index (χ0n) is 10.9. The van der Waals surface area contributed by atoms with Crippen LogP contribution >= 0.6 is 0 Å². The van der Waals surface area contributed by atoms with E-state index in [-0.39, 0.29) is 19.1 Å². The minimum absolute atomic E-state index is 0.0987. The van der Waals surface area contributed by atoms with Gasteiger partial charge in [-0.25, -0.2) is 4.79 Å². The van der Waals surface area contributed by atoms with Gasteiger partial charge in [-0.1, -0.05) is 6.92 Å². The lowest BCUT2D eigenvalue weighted by molar-refractivity contribution is -0.160. The van der Waals surface area contributed by atoms with Crippen molar-refractivity contribution < 1.29 is 19.1 Å². The second kappa shape index (κ2) is 7.65. The lowest BCUT2D eigenvalue weighted by Crippen LogP contribution is -2.44. The second-order valence-corrected chi connectivity index (χ2v) is 3.74. The first-order valence-corrected chi connectivity index (χ1v) is 5.60. The molecule has 0 saturated heterocycles. The van der Waals surface area contributed by atoms with Crippen LogP contribution in [0.5, 0.6) is 0 Å². The molecule has 0 radical (unpaired) electrons. The molecule has 0 aromatic rings. The van der Waals surface area contributed by atoms with Gasteiger partial charge in [0, 0.05) is 20.6 Å². The van der Waals surface area contributed by atoms with Crippen LogP contribution in [0.15, 0.2) is 0 Å². The summed E-state index contributed by atoms with van der Waals surface area (Å²) in [6.45, 7) is 3.90. The van der Waals surface area contributed by atoms with Gasteiger partial charge in [-0.15, -0.1) is 0 Å². The van der Waals surface area contributed by atoms with Crippen LogP contribution in [0.2, 0.25) is 0 Å². The van der Waals surface area contributed by atoms with Gasteiger partial charge in [0.25, 0.3) is 0 Å². The van der Waals surface area contributed by atoms with E-state index in [0.717, 1.165) is 0 Å². The molecule has 6 nitrogen and oxygen atoms in total. The summed E-state index contributed by atoms with van der Waals surface area (Å²) >= 11 is 0. The summed E-state index contributed by atoms with van der Waals surface area (Å²) in [6, 6.07) is 0. The van der Waals surface area contributed by atoms with Crippen LogP contribution in [-0.2, 0) is 19.1 Å². The molecule has 0 heterocycles. The van der Waals surface area contributed by atoms with E-state index in [1.165, 1.54) is 9.80 Å². The quantitative estimate of drug-likeness (QED) is 0.499. The summed E-state index contributed by atoms with van der Waals surface area (Å²) < 4.78 is 4.62. The molecule has 0 aliphatic heterocycles. The smallest absolute Gasteiger partial charge is 0.397 e. The Labute approximate surface area is 102 Å². The molecule has 2 amide bonds. The Bertz CT molecular complexity index is 289. The highest BCUT2D eigenvalue weighted by Gasteiger charge is 2.24. The van der Waals surface area contributed by atoms with E-state index in [1.807, 2.05) is 6.92 Å². The molecule has 6 heteroatoms. The third-order valence-electron chi connectivity index (χ3n) is 2.06. The Morgan fingerprint density at radius 1 is 1.12 bits per heavy atom. The van der Waals surface area contributed by atoms with Crippen molar-refractivity contribution in [2.45, 2.75) is 20.3 Å². The average Bonchev–Trinajstić information content (AvgIpc) is 2.27. The predicted molar refractivity (Wildman–Crippen MR) is 62.2 cm³/mol. The monoisotopic (exact) mass is 244 g/mol. The largest absolute Gasteiger partial charge is 0.459 e. The maximum absolute atomic E-state index is 11.7. The van der Waals surface area contributed by atoms with Gasteiger partial charge in [0.15, 0.2) is 0 Å². The molecule has 0 rings (SSSR count). The van der Waals surface area contributed by atoms with Crippen LogP contribution in [0, 0.1) is 0 Å². The molecule has 0 aromatic carbocycles. The molecule has 0 saturated carbocycles. The van der Waals surface area contributed by atoms with Crippen molar-refractivity contribution >= 4 is 17.8 Å². The van der Waals surface area contributed by atoms with Gasteiger partial charge in [0.05, 0.1) is 6.61 Å². The molecule has 0 bridgehead atoms. The molecule has 0 aromatic heterocycles. The number of ether oxygens (including phenoxy) is 1. The van der Waals surface area contributed by atoms with Crippen molar-refractivity contribution in [2.75, 3.05) is 33.8 Å². The molecular formula is C11H20N2O4. The topological polar surface area (TPSA) is 66.9 Å². The van der Waals surface area contributed by atoms with Crippen LogP contribution in [-0.4, -0.2) is 61.4 Å². The molecule has 0 N–H and O–H groups in total. The molecule has 0 aliphatic carbocycles. The zero-order chi connectivity index (χ0) is 13.4. The molecule has 0 fully saturated rings. The SMILES string of the molecule is CCCN(CC(=O)N(C)C)C(=O)C(=O)OCC. The number of carbonyl (C=O) groups is 3.